The van der Waals surface area contributed by atoms with E-state index in [4.69, 9.17) is 16.3 Å². The Morgan fingerprint density at radius 2 is 2.00 bits per heavy atom. The van der Waals surface area contributed by atoms with Gasteiger partial charge >= 0.3 is 0 Å². The molecule has 0 spiro atoms. The van der Waals surface area contributed by atoms with E-state index >= 15 is 0 Å². The zero-order chi connectivity index (χ0) is 14.8. The van der Waals surface area contributed by atoms with Crippen molar-refractivity contribution in [2.75, 3.05) is 6.54 Å². The first-order valence-corrected chi connectivity index (χ1v) is 7.88. The highest BCUT2D eigenvalue weighted by Crippen LogP contribution is 2.39. The van der Waals surface area contributed by atoms with Crippen LogP contribution < -0.4 is 10.1 Å². The summed E-state index contributed by atoms with van der Waals surface area (Å²) in [6.45, 7) is 9.61. The topological polar surface area (TPSA) is 21.3 Å². The smallest absolute Gasteiger partial charge is 0.120 e. The molecule has 20 heavy (non-hydrogen) atoms. The lowest BCUT2D eigenvalue weighted by Crippen LogP contribution is -2.47. The van der Waals surface area contributed by atoms with Gasteiger partial charge in [0.1, 0.15) is 11.4 Å². The van der Waals surface area contributed by atoms with E-state index in [-0.39, 0.29) is 11.1 Å². The molecule has 0 atom stereocenters. The predicted molar refractivity (Wildman–Crippen MR) is 85.8 cm³/mol. The number of halogens is 1. The average molecular weight is 296 g/mol. The largest absolute Gasteiger partial charge is 0.487 e. The van der Waals surface area contributed by atoms with Gasteiger partial charge < -0.3 is 10.1 Å². The van der Waals surface area contributed by atoms with Crippen LogP contribution in [0.15, 0.2) is 18.2 Å². The Balaban J connectivity index is 1.95. The van der Waals surface area contributed by atoms with E-state index in [1.807, 2.05) is 25.1 Å². The Bertz CT molecular complexity index is 461. The van der Waals surface area contributed by atoms with Gasteiger partial charge in [0.15, 0.2) is 0 Å². The minimum Gasteiger partial charge on any atom is -0.487 e. The van der Waals surface area contributed by atoms with Crippen LogP contribution in [0, 0.1) is 6.92 Å². The molecule has 0 unspecified atom stereocenters. The van der Waals surface area contributed by atoms with Crippen LogP contribution >= 0.6 is 11.6 Å². The zero-order valence-corrected chi connectivity index (χ0v) is 13.8. The van der Waals surface area contributed by atoms with E-state index in [1.54, 1.807) is 0 Å². The third kappa shape index (κ3) is 4.13. The maximum atomic E-state index is 6.29. The van der Waals surface area contributed by atoms with Crippen molar-refractivity contribution in [2.24, 2.45) is 0 Å². The molecule has 0 aliphatic heterocycles. The lowest BCUT2D eigenvalue weighted by atomic mass is 9.77. The molecule has 3 heteroatoms. The molecule has 0 bridgehead atoms. The highest BCUT2D eigenvalue weighted by Gasteiger charge is 2.39. The summed E-state index contributed by atoms with van der Waals surface area (Å²) in [5, 5.41) is 4.35. The zero-order valence-electron chi connectivity index (χ0n) is 13.1. The SMILES string of the molecule is Cc1cc(OC2(CCNC(C)(C)C)CCC2)ccc1Cl. The average Bonchev–Trinajstić information content (AvgIpc) is 2.29. The quantitative estimate of drug-likeness (QED) is 0.848. The standard InChI is InChI=1S/C17H26ClNO/c1-13-12-14(6-7-15(13)18)20-17(8-5-9-17)10-11-19-16(2,3)4/h6-7,12,19H,5,8-11H2,1-4H3. The van der Waals surface area contributed by atoms with Gasteiger partial charge in [0.25, 0.3) is 0 Å². The van der Waals surface area contributed by atoms with Crippen molar-refractivity contribution in [2.45, 2.75) is 64.5 Å². The number of benzene rings is 1. The van der Waals surface area contributed by atoms with Gasteiger partial charge in [-0.05, 0) is 83.7 Å². The molecule has 1 aromatic rings. The van der Waals surface area contributed by atoms with Gasteiger partial charge in [-0.2, -0.15) is 0 Å². The highest BCUT2D eigenvalue weighted by atomic mass is 35.5. The Labute approximate surface area is 127 Å². The van der Waals surface area contributed by atoms with Crippen LogP contribution in [0.2, 0.25) is 5.02 Å². The van der Waals surface area contributed by atoms with Gasteiger partial charge in [0.2, 0.25) is 0 Å². The van der Waals surface area contributed by atoms with Crippen LogP contribution in [-0.2, 0) is 0 Å². The Kier molecular flexibility index (Phi) is 4.66. The molecule has 0 amide bonds. The fraction of sp³-hybridized carbons (Fsp3) is 0.647. The first kappa shape index (κ1) is 15.7. The number of rotatable bonds is 5. The Morgan fingerprint density at radius 1 is 1.30 bits per heavy atom. The van der Waals surface area contributed by atoms with E-state index in [2.05, 4.69) is 26.1 Å². The second kappa shape index (κ2) is 5.95. The summed E-state index contributed by atoms with van der Waals surface area (Å²) in [6.07, 6.45) is 4.63. The molecule has 1 saturated carbocycles. The second-order valence-electron chi connectivity index (χ2n) is 6.98. The first-order valence-electron chi connectivity index (χ1n) is 7.50. The number of hydrogen-bond donors (Lipinski definition) is 1. The van der Waals surface area contributed by atoms with Gasteiger partial charge in [-0.1, -0.05) is 11.6 Å². The van der Waals surface area contributed by atoms with Crippen LogP contribution in [-0.4, -0.2) is 17.7 Å². The lowest BCUT2D eigenvalue weighted by molar-refractivity contribution is -0.0152. The molecule has 1 aliphatic carbocycles. The van der Waals surface area contributed by atoms with Crippen molar-refractivity contribution in [1.82, 2.24) is 5.32 Å². The van der Waals surface area contributed by atoms with E-state index in [0.717, 1.165) is 42.1 Å². The fourth-order valence-electron chi connectivity index (χ4n) is 2.57. The van der Waals surface area contributed by atoms with Gasteiger partial charge in [0.05, 0.1) is 0 Å². The number of ether oxygens (including phenoxy) is 1. The Hall–Kier alpha value is -0.730. The van der Waals surface area contributed by atoms with E-state index in [0.29, 0.717) is 0 Å². The summed E-state index contributed by atoms with van der Waals surface area (Å²) < 4.78 is 6.29. The van der Waals surface area contributed by atoms with Gasteiger partial charge in [-0.25, -0.2) is 0 Å². The van der Waals surface area contributed by atoms with Gasteiger partial charge in [-0.15, -0.1) is 0 Å². The Morgan fingerprint density at radius 3 is 2.50 bits per heavy atom. The first-order chi connectivity index (χ1) is 9.30. The van der Waals surface area contributed by atoms with Crippen LogP contribution in [0.3, 0.4) is 0 Å². The van der Waals surface area contributed by atoms with Crippen molar-refractivity contribution in [1.29, 1.82) is 0 Å². The molecular weight excluding hydrogens is 270 g/mol. The molecule has 112 valence electrons. The monoisotopic (exact) mass is 295 g/mol. The lowest BCUT2D eigenvalue weighted by Gasteiger charge is -2.42. The molecule has 1 aliphatic rings. The van der Waals surface area contributed by atoms with Crippen LogP contribution in [0.5, 0.6) is 5.75 Å². The minimum absolute atomic E-state index is 0.0263. The summed E-state index contributed by atoms with van der Waals surface area (Å²) >= 11 is 6.07. The van der Waals surface area contributed by atoms with E-state index in [1.165, 1.54) is 6.42 Å². The molecule has 1 aromatic carbocycles. The summed E-state index contributed by atoms with van der Waals surface area (Å²) in [5.41, 5.74) is 1.27. The summed E-state index contributed by atoms with van der Waals surface area (Å²) in [4.78, 5) is 0. The minimum atomic E-state index is 0.0263. The summed E-state index contributed by atoms with van der Waals surface area (Å²) in [5.74, 6) is 0.947. The van der Waals surface area contributed by atoms with Gasteiger partial charge in [0, 0.05) is 10.6 Å². The third-order valence-corrected chi connectivity index (χ3v) is 4.39. The van der Waals surface area contributed by atoms with Crippen molar-refractivity contribution in [3.05, 3.63) is 28.8 Å². The maximum Gasteiger partial charge on any atom is 0.120 e. The molecular formula is C17H26ClNO. The molecule has 1 N–H and O–H groups in total. The number of nitrogens with one attached hydrogen (secondary N) is 1. The van der Waals surface area contributed by atoms with Crippen molar-refractivity contribution in [3.8, 4) is 5.75 Å². The van der Waals surface area contributed by atoms with Crippen molar-refractivity contribution < 1.29 is 4.74 Å². The molecule has 1 fully saturated rings. The third-order valence-electron chi connectivity index (χ3n) is 3.96. The number of aryl methyl sites for hydroxylation is 1. The molecule has 2 nitrogen and oxygen atoms in total. The summed E-state index contributed by atoms with van der Waals surface area (Å²) in [7, 11) is 0. The fourth-order valence-corrected chi connectivity index (χ4v) is 2.69. The molecule has 0 heterocycles. The molecule has 0 aromatic heterocycles. The van der Waals surface area contributed by atoms with Gasteiger partial charge in [-0.3, -0.25) is 0 Å². The molecule has 0 radical (unpaired) electrons. The highest BCUT2D eigenvalue weighted by molar-refractivity contribution is 6.31. The second-order valence-corrected chi connectivity index (χ2v) is 7.38. The number of hydrogen-bond acceptors (Lipinski definition) is 2. The van der Waals surface area contributed by atoms with Crippen LogP contribution in [0.1, 0.15) is 52.0 Å². The summed E-state index contributed by atoms with van der Waals surface area (Å²) in [6, 6.07) is 5.94. The predicted octanol–water partition coefficient (Wildman–Crippen LogP) is 4.73. The van der Waals surface area contributed by atoms with Crippen molar-refractivity contribution in [3.63, 3.8) is 0 Å². The van der Waals surface area contributed by atoms with E-state index in [9.17, 15) is 0 Å². The van der Waals surface area contributed by atoms with Crippen LogP contribution in [0.25, 0.3) is 0 Å². The normalized spacial score (nSPS) is 17.6. The van der Waals surface area contributed by atoms with E-state index < -0.39 is 0 Å². The van der Waals surface area contributed by atoms with Crippen LogP contribution in [0.4, 0.5) is 0 Å². The maximum absolute atomic E-state index is 6.29. The molecule has 0 saturated heterocycles. The van der Waals surface area contributed by atoms with Crippen molar-refractivity contribution >= 4 is 11.6 Å². The molecule has 2 rings (SSSR count).